The molecule has 0 aromatic carbocycles. The molecule has 0 amide bonds. The molecule has 1 N–H and O–H groups in total. The van der Waals surface area contributed by atoms with Crippen molar-refractivity contribution in [1.82, 2.24) is 0 Å². The van der Waals surface area contributed by atoms with Crippen LogP contribution in [0, 0.1) is 0 Å². The molecule has 0 rings (SSSR count). The van der Waals surface area contributed by atoms with Crippen molar-refractivity contribution in [3.05, 3.63) is 0 Å². The molecular formula is C9H17BrO3. The van der Waals surface area contributed by atoms with Gasteiger partial charge in [-0.05, 0) is 20.3 Å². The van der Waals surface area contributed by atoms with Crippen molar-refractivity contribution in [3.63, 3.8) is 0 Å². The molecule has 0 unspecified atom stereocenters. The number of alkyl halides is 1. The quantitative estimate of drug-likeness (QED) is 0.601. The van der Waals surface area contributed by atoms with E-state index < -0.39 is 16.4 Å². The molecule has 0 aliphatic carbocycles. The van der Waals surface area contributed by atoms with Crippen LogP contribution < -0.4 is 0 Å². The van der Waals surface area contributed by atoms with Gasteiger partial charge in [0.25, 0.3) is 0 Å². The number of carbonyl (C=O) groups excluding carboxylic acids is 1. The lowest BCUT2D eigenvalue weighted by atomic mass is 10.0. The molecule has 0 heterocycles. The Labute approximate surface area is 87.6 Å². The molecule has 3 nitrogen and oxygen atoms in total. The predicted octanol–water partition coefficient (Wildman–Crippen LogP) is 1.86. The molecular weight excluding hydrogens is 236 g/mol. The molecule has 0 aliphatic rings. The Balaban J connectivity index is 4.26. The molecule has 2 atom stereocenters. The number of aliphatic hydroxyl groups is 1. The van der Waals surface area contributed by atoms with Gasteiger partial charge in [0, 0.05) is 0 Å². The molecule has 0 fully saturated rings. The van der Waals surface area contributed by atoms with E-state index in [1.165, 1.54) is 0 Å². The van der Waals surface area contributed by atoms with Gasteiger partial charge in [-0.15, -0.1) is 0 Å². The second-order valence-corrected chi connectivity index (χ2v) is 4.75. The lowest BCUT2D eigenvalue weighted by Crippen LogP contribution is -2.42. The van der Waals surface area contributed by atoms with Crippen LogP contribution in [0.3, 0.4) is 0 Å². The average Bonchev–Trinajstić information content (AvgIpc) is 2.05. The van der Waals surface area contributed by atoms with Crippen LogP contribution in [0.15, 0.2) is 0 Å². The number of aliphatic hydroxyl groups excluding tert-OH is 1. The molecule has 0 aromatic rings. The molecule has 0 radical (unpaired) electrons. The maximum absolute atomic E-state index is 11.4. The highest BCUT2D eigenvalue weighted by molar-refractivity contribution is 9.10. The zero-order valence-electron chi connectivity index (χ0n) is 8.34. The molecule has 0 bridgehead atoms. The van der Waals surface area contributed by atoms with Crippen molar-refractivity contribution < 1.29 is 14.6 Å². The van der Waals surface area contributed by atoms with Gasteiger partial charge in [0.1, 0.15) is 4.32 Å². The van der Waals surface area contributed by atoms with E-state index >= 15 is 0 Å². The monoisotopic (exact) mass is 252 g/mol. The second kappa shape index (κ2) is 5.60. The summed E-state index contributed by atoms with van der Waals surface area (Å²) in [5.74, 6) is -0.407. The Kier molecular flexibility index (Phi) is 5.56. The number of halogens is 1. The summed E-state index contributed by atoms with van der Waals surface area (Å²) in [6.45, 7) is 5.66. The normalized spacial score (nSPS) is 17.6. The number of rotatable bonds is 5. The Morgan fingerprint density at radius 2 is 2.15 bits per heavy atom. The third-order valence-electron chi connectivity index (χ3n) is 1.86. The summed E-state index contributed by atoms with van der Waals surface area (Å²) in [5, 5.41) is 9.63. The van der Waals surface area contributed by atoms with Crippen molar-refractivity contribution >= 4 is 21.9 Å². The Morgan fingerprint density at radius 3 is 2.54 bits per heavy atom. The molecule has 0 aliphatic heterocycles. The first-order valence-electron chi connectivity index (χ1n) is 4.51. The highest BCUT2D eigenvalue weighted by Crippen LogP contribution is 2.26. The number of hydrogen-bond donors (Lipinski definition) is 1. The van der Waals surface area contributed by atoms with Crippen molar-refractivity contribution in [3.8, 4) is 0 Å². The average molecular weight is 253 g/mol. The summed E-state index contributed by atoms with van der Waals surface area (Å²) >= 11 is 3.19. The Morgan fingerprint density at radius 1 is 1.62 bits per heavy atom. The zero-order valence-corrected chi connectivity index (χ0v) is 9.93. The van der Waals surface area contributed by atoms with Crippen LogP contribution in [-0.2, 0) is 9.53 Å². The van der Waals surface area contributed by atoms with Gasteiger partial charge >= 0.3 is 5.97 Å². The van der Waals surface area contributed by atoms with E-state index in [1.807, 2.05) is 6.92 Å². The van der Waals surface area contributed by atoms with Crippen LogP contribution in [0.4, 0.5) is 0 Å². The number of ether oxygens (including phenoxy) is 1. The van der Waals surface area contributed by atoms with E-state index in [4.69, 9.17) is 4.74 Å². The molecule has 4 heteroatoms. The summed E-state index contributed by atoms with van der Waals surface area (Å²) in [5.41, 5.74) is 0. The smallest absolute Gasteiger partial charge is 0.325 e. The highest BCUT2D eigenvalue weighted by atomic mass is 79.9. The first-order valence-corrected chi connectivity index (χ1v) is 5.30. The standard InChI is InChI=1S/C9H17BrO3/c1-4-6-7(11)9(3,10)8(12)13-5-2/h7,11H,4-6H2,1-3H3/t7-,9-/m0/s1. The number of carbonyl (C=O) groups is 1. The molecule has 0 aromatic heterocycles. The van der Waals surface area contributed by atoms with Crippen molar-refractivity contribution in [2.45, 2.75) is 44.0 Å². The number of hydrogen-bond acceptors (Lipinski definition) is 3. The molecule has 0 saturated carbocycles. The minimum absolute atomic E-state index is 0.332. The first kappa shape index (κ1) is 12.9. The lowest BCUT2D eigenvalue weighted by Gasteiger charge is -2.25. The summed E-state index contributed by atoms with van der Waals surface area (Å²) < 4.78 is 3.86. The SMILES string of the molecule is CCC[C@H](O)[C@](C)(Br)C(=O)OCC. The van der Waals surface area contributed by atoms with Gasteiger partial charge in [-0.2, -0.15) is 0 Å². The van der Waals surface area contributed by atoms with Crippen molar-refractivity contribution in [2.75, 3.05) is 6.61 Å². The zero-order chi connectivity index (χ0) is 10.5. The van der Waals surface area contributed by atoms with E-state index in [9.17, 15) is 9.90 Å². The minimum atomic E-state index is -0.973. The minimum Gasteiger partial charge on any atom is -0.465 e. The fourth-order valence-electron chi connectivity index (χ4n) is 0.953. The number of esters is 1. The summed E-state index contributed by atoms with van der Waals surface area (Å²) in [7, 11) is 0. The largest absolute Gasteiger partial charge is 0.465 e. The van der Waals surface area contributed by atoms with Gasteiger partial charge in [-0.1, -0.05) is 29.3 Å². The third kappa shape index (κ3) is 3.65. The van der Waals surface area contributed by atoms with Crippen molar-refractivity contribution in [2.24, 2.45) is 0 Å². The van der Waals surface area contributed by atoms with Gasteiger partial charge < -0.3 is 9.84 Å². The molecule has 13 heavy (non-hydrogen) atoms. The summed E-state index contributed by atoms with van der Waals surface area (Å²) in [6.07, 6.45) is 0.721. The van der Waals surface area contributed by atoms with Crippen LogP contribution in [0.5, 0.6) is 0 Å². The first-order chi connectivity index (χ1) is 5.96. The maximum atomic E-state index is 11.4. The van der Waals surface area contributed by atoms with E-state index in [2.05, 4.69) is 15.9 Å². The fourth-order valence-corrected chi connectivity index (χ4v) is 1.30. The maximum Gasteiger partial charge on any atom is 0.325 e. The Hall–Kier alpha value is -0.0900. The topological polar surface area (TPSA) is 46.5 Å². The van der Waals surface area contributed by atoms with Crippen LogP contribution >= 0.6 is 15.9 Å². The lowest BCUT2D eigenvalue weighted by molar-refractivity contribution is -0.148. The molecule has 0 saturated heterocycles. The highest BCUT2D eigenvalue weighted by Gasteiger charge is 2.38. The van der Waals surface area contributed by atoms with Gasteiger partial charge in [0.2, 0.25) is 0 Å². The molecule has 0 spiro atoms. The third-order valence-corrected chi connectivity index (χ3v) is 2.71. The molecule has 78 valence electrons. The predicted molar refractivity (Wildman–Crippen MR) is 54.9 cm³/mol. The summed E-state index contributed by atoms with van der Waals surface area (Å²) in [4.78, 5) is 11.4. The van der Waals surface area contributed by atoms with Crippen LogP contribution in [0.2, 0.25) is 0 Å². The van der Waals surface area contributed by atoms with Gasteiger partial charge in [-0.25, -0.2) is 0 Å². The van der Waals surface area contributed by atoms with E-state index in [-0.39, 0.29) is 0 Å². The van der Waals surface area contributed by atoms with E-state index in [1.54, 1.807) is 13.8 Å². The van der Waals surface area contributed by atoms with Crippen LogP contribution in [-0.4, -0.2) is 28.1 Å². The van der Waals surface area contributed by atoms with Gasteiger partial charge in [0.05, 0.1) is 12.7 Å². The van der Waals surface area contributed by atoms with Gasteiger partial charge in [-0.3, -0.25) is 4.79 Å². The second-order valence-electron chi connectivity index (χ2n) is 3.10. The summed E-state index contributed by atoms with van der Waals surface area (Å²) in [6, 6.07) is 0. The van der Waals surface area contributed by atoms with Crippen molar-refractivity contribution in [1.29, 1.82) is 0 Å². The van der Waals surface area contributed by atoms with E-state index in [0.29, 0.717) is 13.0 Å². The van der Waals surface area contributed by atoms with E-state index in [0.717, 1.165) is 6.42 Å². The van der Waals surface area contributed by atoms with Gasteiger partial charge in [0.15, 0.2) is 0 Å². The van der Waals surface area contributed by atoms with Crippen LogP contribution in [0.25, 0.3) is 0 Å². The fraction of sp³-hybridized carbons (Fsp3) is 0.889. The van der Waals surface area contributed by atoms with Crippen LogP contribution in [0.1, 0.15) is 33.6 Å². The Bertz CT molecular complexity index is 168.